The number of likely N-dealkylation sites (tertiary alicyclic amines) is 1. The number of amides is 1. The second-order valence-corrected chi connectivity index (χ2v) is 6.65. The van der Waals surface area contributed by atoms with Crippen molar-refractivity contribution in [3.63, 3.8) is 0 Å². The number of nitrogens with two attached hydrogens (primary N) is 1. The lowest BCUT2D eigenvalue weighted by molar-refractivity contribution is -0.151. The molecule has 6 nitrogen and oxygen atoms in total. The van der Waals surface area contributed by atoms with Gasteiger partial charge in [-0.1, -0.05) is 6.42 Å². The summed E-state index contributed by atoms with van der Waals surface area (Å²) in [5, 5.41) is 2.96. The predicted molar refractivity (Wildman–Crippen MR) is 86.3 cm³/mol. The standard InChI is InChI=1S/C16H31N3O3/c1-16(2,15(21)22-3)8-11-19-10-5-4-6-13(19)12-18-14(20)7-9-17/h13H,4-12,17H2,1-3H3,(H,18,20). The maximum Gasteiger partial charge on any atom is 0.311 e. The quantitative estimate of drug-likeness (QED) is 0.650. The first-order chi connectivity index (χ1) is 10.4. The zero-order chi connectivity index (χ0) is 16.6. The van der Waals surface area contributed by atoms with E-state index in [9.17, 15) is 9.59 Å². The van der Waals surface area contributed by atoms with E-state index in [2.05, 4.69) is 10.2 Å². The van der Waals surface area contributed by atoms with Gasteiger partial charge in [0.1, 0.15) is 0 Å². The van der Waals surface area contributed by atoms with E-state index in [-0.39, 0.29) is 11.9 Å². The van der Waals surface area contributed by atoms with E-state index in [1.807, 2.05) is 13.8 Å². The molecule has 6 heteroatoms. The summed E-state index contributed by atoms with van der Waals surface area (Å²) in [4.78, 5) is 25.7. The summed E-state index contributed by atoms with van der Waals surface area (Å²) in [6, 6.07) is 0.351. The molecule has 0 aromatic carbocycles. The van der Waals surface area contributed by atoms with Crippen LogP contribution in [0.3, 0.4) is 0 Å². The Balaban J connectivity index is 2.48. The van der Waals surface area contributed by atoms with Gasteiger partial charge in [0.05, 0.1) is 12.5 Å². The van der Waals surface area contributed by atoms with Gasteiger partial charge < -0.3 is 15.8 Å². The molecule has 0 aromatic rings. The van der Waals surface area contributed by atoms with Gasteiger partial charge in [-0.3, -0.25) is 14.5 Å². The van der Waals surface area contributed by atoms with Crippen molar-refractivity contribution in [2.45, 2.75) is 52.0 Å². The third kappa shape index (κ3) is 5.93. The molecule has 1 fully saturated rings. The Morgan fingerprint density at radius 3 is 2.73 bits per heavy atom. The summed E-state index contributed by atoms with van der Waals surface area (Å²) < 4.78 is 4.86. The largest absolute Gasteiger partial charge is 0.469 e. The Kier molecular flexibility index (Phi) is 7.82. The topological polar surface area (TPSA) is 84.7 Å². The molecule has 1 rings (SSSR count). The van der Waals surface area contributed by atoms with Crippen molar-refractivity contribution in [2.75, 3.05) is 33.3 Å². The lowest BCUT2D eigenvalue weighted by Gasteiger charge is -2.37. The Morgan fingerprint density at radius 1 is 1.36 bits per heavy atom. The van der Waals surface area contributed by atoms with Gasteiger partial charge in [-0.15, -0.1) is 0 Å². The molecule has 0 aliphatic carbocycles. The van der Waals surface area contributed by atoms with E-state index >= 15 is 0 Å². The Morgan fingerprint density at radius 2 is 2.09 bits per heavy atom. The first kappa shape index (κ1) is 18.9. The number of ether oxygens (including phenoxy) is 1. The summed E-state index contributed by atoms with van der Waals surface area (Å²) in [6.45, 7) is 6.75. The molecule has 0 bridgehead atoms. The Labute approximate surface area is 133 Å². The van der Waals surface area contributed by atoms with Gasteiger partial charge in [0.25, 0.3) is 0 Å². The molecule has 1 amide bonds. The Hall–Kier alpha value is -1.14. The van der Waals surface area contributed by atoms with Crippen molar-refractivity contribution < 1.29 is 14.3 Å². The van der Waals surface area contributed by atoms with Crippen LogP contribution in [0.15, 0.2) is 0 Å². The molecule has 0 saturated carbocycles. The zero-order valence-electron chi connectivity index (χ0n) is 14.2. The highest BCUT2D eigenvalue weighted by Crippen LogP contribution is 2.25. The summed E-state index contributed by atoms with van der Waals surface area (Å²) >= 11 is 0. The first-order valence-corrected chi connectivity index (χ1v) is 8.20. The average molecular weight is 313 g/mol. The minimum Gasteiger partial charge on any atom is -0.469 e. The average Bonchev–Trinajstić information content (AvgIpc) is 2.51. The minimum absolute atomic E-state index is 0.0166. The van der Waals surface area contributed by atoms with Gasteiger partial charge in [-0.2, -0.15) is 0 Å². The van der Waals surface area contributed by atoms with E-state index in [0.29, 0.717) is 25.6 Å². The van der Waals surface area contributed by atoms with Crippen molar-refractivity contribution in [2.24, 2.45) is 11.1 Å². The molecule has 0 spiro atoms. The number of nitrogens with zero attached hydrogens (tertiary/aromatic N) is 1. The monoisotopic (exact) mass is 313 g/mol. The maximum absolute atomic E-state index is 11.8. The van der Waals surface area contributed by atoms with Gasteiger partial charge in [-0.05, 0) is 46.2 Å². The van der Waals surface area contributed by atoms with E-state index in [1.165, 1.54) is 20.0 Å². The van der Waals surface area contributed by atoms with Gasteiger partial charge in [0.15, 0.2) is 0 Å². The van der Waals surface area contributed by atoms with Crippen LogP contribution in [0.5, 0.6) is 0 Å². The van der Waals surface area contributed by atoms with Crippen LogP contribution >= 0.6 is 0 Å². The van der Waals surface area contributed by atoms with Crippen LogP contribution < -0.4 is 11.1 Å². The highest BCUT2D eigenvalue weighted by Gasteiger charge is 2.31. The van der Waals surface area contributed by atoms with Crippen molar-refractivity contribution in [1.29, 1.82) is 0 Å². The second-order valence-electron chi connectivity index (χ2n) is 6.65. The van der Waals surface area contributed by atoms with Gasteiger partial charge in [0.2, 0.25) is 5.91 Å². The van der Waals surface area contributed by atoms with Crippen LogP contribution in [0.25, 0.3) is 0 Å². The van der Waals surface area contributed by atoms with Crippen LogP contribution in [0.4, 0.5) is 0 Å². The normalized spacial score (nSPS) is 19.7. The molecular formula is C16H31N3O3. The van der Waals surface area contributed by atoms with E-state index in [1.54, 1.807) is 0 Å². The van der Waals surface area contributed by atoms with Crippen LogP contribution in [-0.4, -0.2) is 56.1 Å². The lowest BCUT2D eigenvalue weighted by Crippen LogP contribution is -2.48. The highest BCUT2D eigenvalue weighted by atomic mass is 16.5. The summed E-state index contributed by atoms with van der Waals surface area (Å²) in [5.74, 6) is -0.153. The fourth-order valence-electron chi connectivity index (χ4n) is 2.84. The SMILES string of the molecule is COC(=O)C(C)(C)CCN1CCCCC1CNC(=O)CCN. The summed E-state index contributed by atoms with van der Waals surface area (Å²) in [5.41, 5.74) is 4.91. The molecule has 1 aliphatic heterocycles. The second kappa shape index (κ2) is 9.10. The number of esters is 1. The van der Waals surface area contributed by atoms with Gasteiger partial charge >= 0.3 is 5.97 Å². The zero-order valence-corrected chi connectivity index (χ0v) is 14.2. The number of hydrogen-bond acceptors (Lipinski definition) is 5. The molecule has 128 valence electrons. The van der Waals surface area contributed by atoms with E-state index < -0.39 is 5.41 Å². The number of rotatable bonds is 8. The third-order valence-electron chi connectivity index (χ3n) is 4.42. The van der Waals surface area contributed by atoms with Crippen LogP contribution in [0.2, 0.25) is 0 Å². The molecule has 1 heterocycles. The molecule has 1 saturated heterocycles. The Bertz CT molecular complexity index is 372. The molecule has 1 atom stereocenters. The molecule has 1 aliphatic rings. The van der Waals surface area contributed by atoms with Crippen molar-refractivity contribution in [3.8, 4) is 0 Å². The fourth-order valence-corrected chi connectivity index (χ4v) is 2.84. The van der Waals surface area contributed by atoms with Crippen LogP contribution in [0, 0.1) is 5.41 Å². The summed E-state index contributed by atoms with van der Waals surface area (Å²) in [7, 11) is 1.43. The smallest absolute Gasteiger partial charge is 0.311 e. The third-order valence-corrected chi connectivity index (χ3v) is 4.42. The fraction of sp³-hybridized carbons (Fsp3) is 0.875. The molecule has 0 radical (unpaired) electrons. The number of carbonyl (C=O) groups is 2. The van der Waals surface area contributed by atoms with Crippen molar-refractivity contribution >= 4 is 11.9 Å². The van der Waals surface area contributed by atoms with Crippen molar-refractivity contribution in [1.82, 2.24) is 10.2 Å². The van der Waals surface area contributed by atoms with Crippen LogP contribution in [0.1, 0.15) is 46.0 Å². The molecule has 3 N–H and O–H groups in total. The number of methoxy groups -OCH3 is 1. The van der Waals surface area contributed by atoms with Crippen LogP contribution in [-0.2, 0) is 14.3 Å². The molecule has 0 aromatic heterocycles. The summed E-state index contributed by atoms with van der Waals surface area (Å²) in [6.07, 6.45) is 4.58. The van der Waals surface area contributed by atoms with Crippen molar-refractivity contribution in [3.05, 3.63) is 0 Å². The molecule has 22 heavy (non-hydrogen) atoms. The highest BCUT2D eigenvalue weighted by molar-refractivity contribution is 5.76. The number of piperidine rings is 1. The first-order valence-electron chi connectivity index (χ1n) is 8.20. The molecular weight excluding hydrogens is 282 g/mol. The van der Waals surface area contributed by atoms with E-state index in [0.717, 1.165) is 25.9 Å². The predicted octanol–water partition coefficient (Wildman–Crippen LogP) is 0.895. The molecule has 1 unspecified atom stereocenters. The number of hydrogen-bond donors (Lipinski definition) is 2. The number of nitrogens with one attached hydrogen (secondary N) is 1. The lowest BCUT2D eigenvalue weighted by atomic mass is 9.88. The van der Waals surface area contributed by atoms with Gasteiger partial charge in [0, 0.05) is 25.6 Å². The van der Waals surface area contributed by atoms with E-state index in [4.69, 9.17) is 10.5 Å². The minimum atomic E-state index is -0.473. The van der Waals surface area contributed by atoms with Gasteiger partial charge in [-0.25, -0.2) is 0 Å². The maximum atomic E-state index is 11.8. The number of carbonyl (C=O) groups excluding carboxylic acids is 2.